The predicted molar refractivity (Wildman–Crippen MR) is 50.6 cm³/mol. The van der Waals surface area contributed by atoms with Gasteiger partial charge in [-0.2, -0.15) is 0 Å². The summed E-state index contributed by atoms with van der Waals surface area (Å²) >= 11 is 0. The highest BCUT2D eigenvalue weighted by Crippen LogP contribution is 2.33. The maximum atomic E-state index is 2.42. The average molecular weight is 150 g/mol. The molecule has 0 saturated heterocycles. The zero-order chi connectivity index (χ0) is 8.10. The molecule has 62 valence electrons. The van der Waals surface area contributed by atoms with E-state index in [-0.39, 0.29) is 0 Å². The highest BCUT2D eigenvalue weighted by Gasteiger charge is 2.13. The molecule has 2 aliphatic carbocycles. The minimum Gasteiger partial charge on any atom is -0.0807 e. The topological polar surface area (TPSA) is 0 Å². The van der Waals surface area contributed by atoms with Crippen LogP contribution < -0.4 is 0 Å². The fourth-order valence-electron chi connectivity index (χ4n) is 1.77. The molecule has 2 aliphatic rings. The summed E-state index contributed by atoms with van der Waals surface area (Å²) in [6, 6.07) is 0. The molecule has 0 bridgehead atoms. The molecule has 0 nitrogen and oxygen atoms in total. The molecule has 1 fully saturated rings. The normalized spacial score (nSPS) is 20.9. The van der Waals surface area contributed by atoms with Crippen molar-refractivity contribution in [2.45, 2.75) is 46.0 Å². The van der Waals surface area contributed by atoms with Gasteiger partial charge in [-0.3, -0.25) is 0 Å². The molecule has 0 radical (unpaired) electrons. The third kappa shape index (κ3) is 1.95. The quantitative estimate of drug-likeness (QED) is 0.492. The fraction of sp³-hybridized carbons (Fsp3) is 0.636. The maximum absolute atomic E-state index is 2.42. The largest absolute Gasteiger partial charge is 0.0807 e. The molecule has 0 aromatic heterocycles. The van der Waals surface area contributed by atoms with Crippen LogP contribution in [0.15, 0.2) is 23.3 Å². The number of allylic oxidation sites excluding steroid dienone is 4. The SMILES string of the molecule is C1=C2CCCC2=CCC1.CC. The van der Waals surface area contributed by atoms with Crippen LogP contribution >= 0.6 is 0 Å². The van der Waals surface area contributed by atoms with E-state index in [2.05, 4.69) is 12.2 Å². The van der Waals surface area contributed by atoms with Crippen LogP contribution in [0, 0.1) is 0 Å². The Morgan fingerprint density at radius 2 is 1.36 bits per heavy atom. The molecule has 0 amide bonds. The van der Waals surface area contributed by atoms with E-state index >= 15 is 0 Å². The number of hydrogen-bond donors (Lipinski definition) is 0. The van der Waals surface area contributed by atoms with E-state index in [1.54, 1.807) is 11.1 Å². The summed E-state index contributed by atoms with van der Waals surface area (Å²) in [5.74, 6) is 0. The van der Waals surface area contributed by atoms with Gasteiger partial charge in [0.2, 0.25) is 0 Å². The van der Waals surface area contributed by atoms with Gasteiger partial charge in [-0.1, -0.05) is 26.0 Å². The molecule has 11 heavy (non-hydrogen) atoms. The van der Waals surface area contributed by atoms with E-state index in [0.29, 0.717) is 0 Å². The lowest BCUT2D eigenvalue weighted by Gasteiger charge is -2.05. The Kier molecular flexibility index (Phi) is 3.41. The van der Waals surface area contributed by atoms with E-state index in [9.17, 15) is 0 Å². The number of hydrogen-bond acceptors (Lipinski definition) is 0. The van der Waals surface area contributed by atoms with Crippen molar-refractivity contribution in [3.05, 3.63) is 23.3 Å². The first kappa shape index (κ1) is 8.58. The highest BCUT2D eigenvalue weighted by atomic mass is 14.2. The van der Waals surface area contributed by atoms with Crippen molar-refractivity contribution < 1.29 is 0 Å². The van der Waals surface area contributed by atoms with Gasteiger partial charge in [0.15, 0.2) is 0 Å². The van der Waals surface area contributed by atoms with Gasteiger partial charge < -0.3 is 0 Å². The van der Waals surface area contributed by atoms with Crippen LogP contribution in [0.4, 0.5) is 0 Å². The Morgan fingerprint density at radius 1 is 0.909 bits per heavy atom. The minimum atomic E-state index is 1.29. The molecule has 0 aromatic carbocycles. The Balaban J connectivity index is 0.000000281. The first-order valence-corrected chi connectivity index (χ1v) is 4.85. The van der Waals surface area contributed by atoms with E-state index in [0.717, 1.165) is 0 Å². The van der Waals surface area contributed by atoms with Crippen LogP contribution in [0.1, 0.15) is 46.0 Å². The van der Waals surface area contributed by atoms with Crippen molar-refractivity contribution in [1.29, 1.82) is 0 Å². The summed E-state index contributed by atoms with van der Waals surface area (Å²) < 4.78 is 0. The molecule has 2 rings (SSSR count). The Hall–Kier alpha value is -0.520. The lowest BCUT2D eigenvalue weighted by molar-refractivity contribution is 0.932. The molecule has 0 aliphatic heterocycles. The molecule has 0 aromatic rings. The van der Waals surface area contributed by atoms with Crippen LogP contribution in [0.3, 0.4) is 0 Å². The Morgan fingerprint density at radius 3 is 1.82 bits per heavy atom. The summed E-state index contributed by atoms with van der Waals surface area (Å²) in [5.41, 5.74) is 3.31. The third-order valence-corrected chi connectivity index (χ3v) is 2.25. The molecule has 1 saturated carbocycles. The van der Waals surface area contributed by atoms with E-state index in [1.165, 1.54) is 32.1 Å². The van der Waals surface area contributed by atoms with Gasteiger partial charge >= 0.3 is 0 Å². The average Bonchev–Trinajstić information content (AvgIpc) is 2.55. The second kappa shape index (κ2) is 4.38. The second-order valence-corrected chi connectivity index (χ2v) is 2.89. The highest BCUT2D eigenvalue weighted by molar-refractivity contribution is 5.36. The summed E-state index contributed by atoms with van der Waals surface area (Å²) in [7, 11) is 0. The monoisotopic (exact) mass is 150 g/mol. The summed E-state index contributed by atoms with van der Waals surface area (Å²) in [4.78, 5) is 0. The zero-order valence-electron chi connectivity index (χ0n) is 7.69. The minimum absolute atomic E-state index is 1.29. The first-order chi connectivity index (χ1) is 5.47. The van der Waals surface area contributed by atoms with Crippen LogP contribution in [-0.4, -0.2) is 0 Å². The summed E-state index contributed by atoms with van der Waals surface area (Å²) in [6.45, 7) is 4.00. The molecule has 0 unspecified atom stereocenters. The Labute approximate surface area is 70.0 Å². The molecule has 0 atom stereocenters. The predicted octanol–water partition coefficient (Wildman–Crippen LogP) is 3.84. The molecular formula is C11H18. The maximum Gasteiger partial charge on any atom is -0.0276 e. The van der Waals surface area contributed by atoms with Gasteiger partial charge in [-0.15, -0.1) is 0 Å². The first-order valence-electron chi connectivity index (χ1n) is 4.85. The van der Waals surface area contributed by atoms with E-state index < -0.39 is 0 Å². The van der Waals surface area contributed by atoms with Crippen molar-refractivity contribution in [3.8, 4) is 0 Å². The van der Waals surface area contributed by atoms with Crippen molar-refractivity contribution in [1.82, 2.24) is 0 Å². The van der Waals surface area contributed by atoms with Gasteiger partial charge in [0, 0.05) is 0 Å². The fourth-order valence-corrected chi connectivity index (χ4v) is 1.77. The molecule has 0 heterocycles. The molecule has 0 N–H and O–H groups in total. The molecule has 0 heteroatoms. The van der Waals surface area contributed by atoms with Crippen molar-refractivity contribution in [2.24, 2.45) is 0 Å². The van der Waals surface area contributed by atoms with Crippen LogP contribution in [0.5, 0.6) is 0 Å². The summed E-state index contributed by atoms with van der Waals surface area (Å²) in [6.07, 6.45) is 11.5. The van der Waals surface area contributed by atoms with E-state index in [4.69, 9.17) is 0 Å². The van der Waals surface area contributed by atoms with Crippen LogP contribution in [0.2, 0.25) is 0 Å². The van der Waals surface area contributed by atoms with E-state index in [1.807, 2.05) is 13.8 Å². The number of fused-ring (bicyclic) bond motifs is 1. The van der Waals surface area contributed by atoms with Gasteiger partial charge in [-0.25, -0.2) is 0 Å². The van der Waals surface area contributed by atoms with Crippen molar-refractivity contribution in [2.75, 3.05) is 0 Å². The van der Waals surface area contributed by atoms with Crippen molar-refractivity contribution in [3.63, 3.8) is 0 Å². The summed E-state index contributed by atoms with van der Waals surface area (Å²) in [5, 5.41) is 0. The van der Waals surface area contributed by atoms with Gasteiger partial charge in [0.05, 0.1) is 0 Å². The number of rotatable bonds is 0. The van der Waals surface area contributed by atoms with Gasteiger partial charge in [0.1, 0.15) is 0 Å². The van der Waals surface area contributed by atoms with Gasteiger partial charge in [-0.05, 0) is 43.3 Å². The second-order valence-electron chi connectivity index (χ2n) is 2.89. The smallest absolute Gasteiger partial charge is 0.0276 e. The Bertz CT molecular complexity index is 152. The molecule has 0 spiro atoms. The lowest BCUT2D eigenvalue weighted by atomic mass is 10.0. The third-order valence-electron chi connectivity index (χ3n) is 2.25. The van der Waals surface area contributed by atoms with Crippen molar-refractivity contribution >= 4 is 0 Å². The van der Waals surface area contributed by atoms with Gasteiger partial charge in [0.25, 0.3) is 0 Å². The van der Waals surface area contributed by atoms with Crippen LogP contribution in [0.25, 0.3) is 0 Å². The molecular weight excluding hydrogens is 132 g/mol. The lowest BCUT2D eigenvalue weighted by Crippen LogP contribution is -1.85. The standard InChI is InChI=1S/C9H12.C2H6/c1-2-5-9-7-3-6-8(9)4-1;1-2/h4-5H,1-3,6-7H2;1-2H3. The zero-order valence-corrected chi connectivity index (χ0v) is 7.69. The van der Waals surface area contributed by atoms with Crippen LogP contribution in [-0.2, 0) is 0 Å².